The Labute approximate surface area is 155 Å². The lowest BCUT2D eigenvalue weighted by atomic mass is 10.1. The Morgan fingerprint density at radius 3 is 2.15 bits per heavy atom. The highest BCUT2D eigenvalue weighted by Gasteiger charge is 2.21. The first kappa shape index (κ1) is 22.1. The molecule has 0 aliphatic heterocycles. The summed E-state index contributed by atoms with van der Waals surface area (Å²) in [4.78, 5) is 34.7. The fraction of sp³-hybridized carbons (Fsp3) is 0.389. The summed E-state index contributed by atoms with van der Waals surface area (Å²) < 4.78 is 41.9. The summed E-state index contributed by atoms with van der Waals surface area (Å²) in [6.45, 7) is 4.22. The van der Waals surface area contributed by atoms with Gasteiger partial charge in [0.05, 0.1) is 19.8 Å². The van der Waals surface area contributed by atoms with Gasteiger partial charge in [-0.05, 0) is 26.0 Å². The van der Waals surface area contributed by atoms with Gasteiger partial charge in [-0.25, -0.2) is 18.4 Å². The van der Waals surface area contributed by atoms with Gasteiger partial charge < -0.3 is 19.5 Å². The Morgan fingerprint density at radius 2 is 1.63 bits per heavy atom. The number of nitrogens with one attached hydrogen (secondary N) is 1. The summed E-state index contributed by atoms with van der Waals surface area (Å²) in [5.41, 5.74) is -0.457. The molecule has 0 saturated heterocycles. The fourth-order valence-electron chi connectivity index (χ4n) is 2.04. The van der Waals surface area contributed by atoms with Crippen molar-refractivity contribution in [3.63, 3.8) is 0 Å². The molecule has 0 aliphatic rings. The summed E-state index contributed by atoms with van der Waals surface area (Å²) in [5, 5.41) is 2.59. The van der Waals surface area contributed by atoms with Gasteiger partial charge in [0.1, 0.15) is 0 Å². The first-order valence-electron chi connectivity index (χ1n) is 8.22. The summed E-state index contributed by atoms with van der Waals surface area (Å²) in [7, 11) is 0. The van der Waals surface area contributed by atoms with Crippen LogP contribution in [-0.2, 0) is 35.0 Å². The Hall–Kier alpha value is -2.97. The lowest BCUT2D eigenvalue weighted by Crippen LogP contribution is -2.19. The van der Waals surface area contributed by atoms with E-state index in [1.807, 2.05) is 0 Å². The van der Waals surface area contributed by atoms with Crippen molar-refractivity contribution in [3.8, 4) is 0 Å². The van der Waals surface area contributed by atoms with Gasteiger partial charge in [0.25, 0.3) is 0 Å². The monoisotopic (exact) mass is 385 g/mol. The molecule has 0 spiro atoms. The average Bonchev–Trinajstić information content (AvgIpc) is 2.60. The zero-order valence-electron chi connectivity index (χ0n) is 15.3. The van der Waals surface area contributed by atoms with Gasteiger partial charge in [-0.1, -0.05) is 0 Å². The third-order valence-corrected chi connectivity index (χ3v) is 3.22. The van der Waals surface area contributed by atoms with Crippen LogP contribution in [0.2, 0.25) is 0 Å². The van der Waals surface area contributed by atoms with Crippen molar-refractivity contribution in [2.75, 3.05) is 25.1 Å². The van der Waals surface area contributed by atoms with E-state index in [0.717, 1.165) is 12.3 Å². The number of esters is 3. The molecule has 0 aromatic heterocycles. The number of ether oxygens (including phenoxy) is 3. The summed E-state index contributed by atoms with van der Waals surface area (Å²) >= 11 is 0. The van der Waals surface area contributed by atoms with Crippen LogP contribution < -0.4 is 5.32 Å². The van der Waals surface area contributed by atoms with Crippen LogP contribution in [-0.4, -0.2) is 37.7 Å². The minimum Gasteiger partial charge on any atom is -0.466 e. The zero-order chi connectivity index (χ0) is 20.4. The molecule has 0 atom stereocenters. The van der Waals surface area contributed by atoms with Gasteiger partial charge in [0.2, 0.25) is 0 Å². The number of halogens is 2. The lowest BCUT2D eigenvalue weighted by molar-refractivity contribution is -0.146. The van der Waals surface area contributed by atoms with Crippen LogP contribution in [0.3, 0.4) is 0 Å². The average molecular weight is 385 g/mol. The van der Waals surface area contributed by atoms with Crippen molar-refractivity contribution >= 4 is 23.6 Å². The standard InChI is InChI=1S/C18H21F2NO6/c1-4-25-17(23)13(18(24)26-5-2)10-21-15-7-6-14(19)16(20)12(15)8-9-27-11(3)22/h6-7,10,21H,4-5,8-9H2,1-3H3. The first-order chi connectivity index (χ1) is 12.8. The van der Waals surface area contributed by atoms with E-state index < -0.39 is 35.1 Å². The molecule has 0 aliphatic carbocycles. The van der Waals surface area contributed by atoms with E-state index in [1.165, 1.54) is 13.0 Å². The molecule has 0 unspecified atom stereocenters. The number of benzene rings is 1. The van der Waals surface area contributed by atoms with E-state index in [9.17, 15) is 23.2 Å². The Kier molecular flexibility index (Phi) is 8.91. The largest absolute Gasteiger partial charge is 0.466 e. The molecule has 0 amide bonds. The van der Waals surface area contributed by atoms with Crippen molar-refractivity contribution < 1.29 is 37.4 Å². The lowest BCUT2D eigenvalue weighted by Gasteiger charge is -2.12. The fourth-order valence-corrected chi connectivity index (χ4v) is 2.04. The second kappa shape index (κ2) is 10.9. The highest BCUT2D eigenvalue weighted by atomic mass is 19.2. The number of carbonyl (C=O) groups excluding carboxylic acids is 3. The quantitative estimate of drug-likeness (QED) is 0.230. The minimum absolute atomic E-state index is 0.0361. The Balaban J connectivity index is 3.13. The molecule has 1 rings (SSSR count). The number of anilines is 1. The number of hydrogen-bond donors (Lipinski definition) is 1. The Morgan fingerprint density at radius 1 is 1.04 bits per heavy atom. The first-order valence-corrected chi connectivity index (χ1v) is 8.22. The maximum Gasteiger partial charge on any atom is 0.347 e. The van der Waals surface area contributed by atoms with E-state index in [0.29, 0.717) is 0 Å². The van der Waals surface area contributed by atoms with Crippen molar-refractivity contribution in [3.05, 3.63) is 41.1 Å². The van der Waals surface area contributed by atoms with E-state index in [-0.39, 0.29) is 37.5 Å². The van der Waals surface area contributed by atoms with Gasteiger partial charge in [-0.2, -0.15) is 0 Å². The highest BCUT2D eigenvalue weighted by molar-refractivity contribution is 6.14. The van der Waals surface area contributed by atoms with E-state index in [4.69, 9.17) is 14.2 Å². The molecule has 0 fully saturated rings. The number of hydrogen-bond acceptors (Lipinski definition) is 7. The molecular weight excluding hydrogens is 364 g/mol. The van der Waals surface area contributed by atoms with Crippen LogP contribution in [0.15, 0.2) is 23.9 Å². The van der Waals surface area contributed by atoms with Gasteiger partial charge in [-0.15, -0.1) is 0 Å². The number of rotatable bonds is 9. The van der Waals surface area contributed by atoms with Crippen molar-refractivity contribution in [2.24, 2.45) is 0 Å². The summed E-state index contributed by atoms with van der Waals surface area (Å²) in [6, 6.07) is 2.11. The molecule has 0 bridgehead atoms. The van der Waals surface area contributed by atoms with Crippen LogP contribution in [0, 0.1) is 11.6 Å². The minimum atomic E-state index is -1.13. The van der Waals surface area contributed by atoms with E-state index in [2.05, 4.69) is 5.32 Å². The predicted molar refractivity (Wildman–Crippen MR) is 91.7 cm³/mol. The molecule has 1 aromatic carbocycles. The molecule has 7 nitrogen and oxygen atoms in total. The van der Waals surface area contributed by atoms with Gasteiger partial charge in [-0.3, -0.25) is 4.79 Å². The molecule has 9 heteroatoms. The maximum absolute atomic E-state index is 14.1. The zero-order valence-corrected chi connectivity index (χ0v) is 15.3. The SMILES string of the molecule is CCOC(=O)C(=CNc1ccc(F)c(F)c1CCOC(C)=O)C(=O)OCC. The van der Waals surface area contributed by atoms with Gasteiger partial charge >= 0.3 is 17.9 Å². The van der Waals surface area contributed by atoms with E-state index in [1.54, 1.807) is 13.8 Å². The van der Waals surface area contributed by atoms with Crippen LogP contribution in [0.4, 0.5) is 14.5 Å². The van der Waals surface area contributed by atoms with Crippen LogP contribution in [0.25, 0.3) is 0 Å². The smallest absolute Gasteiger partial charge is 0.347 e. The molecule has 27 heavy (non-hydrogen) atoms. The van der Waals surface area contributed by atoms with Gasteiger partial charge in [0.15, 0.2) is 17.2 Å². The van der Waals surface area contributed by atoms with Crippen LogP contribution in [0.5, 0.6) is 0 Å². The second-order valence-corrected chi connectivity index (χ2v) is 5.12. The molecule has 0 saturated carbocycles. The normalized spacial score (nSPS) is 9.96. The van der Waals surface area contributed by atoms with Gasteiger partial charge in [0, 0.05) is 30.8 Å². The summed E-state index contributed by atoms with van der Waals surface area (Å²) in [5.74, 6) is -4.62. The third kappa shape index (κ3) is 6.69. The molecule has 1 N–H and O–H groups in total. The highest BCUT2D eigenvalue weighted by Crippen LogP contribution is 2.23. The van der Waals surface area contributed by atoms with Crippen molar-refractivity contribution in [1.82, 2.24) is 0 Å². The Bertz CT molecular complexity index is 713. The maximum atomic E-state index is 14.1. The van der Waals surface area contributed by atoms with Crippen LogP contribution in [0.1, 0.15) is 26.3 Å². The molecule has 1 aromatic rings. The second-order valence-electron chi connectivity index (χ2n) is 5.12. The van der Waals surface area contributed by atoms with Crippen molar-refractivity contribution in [1.29, 1.82) is 0 Å². The molecule has 148 valence electrons. The number of carbonyl (C=O) groups is 3. The molecule has 0 radical (unpaired) electrons. The van der Waals surface area contributed by atoms with E-state index >= 15 is 0 Å². The topological polar surface area (TPSA) is 90.9 Å². The van der Waals surface area contributed by atoms with Crippen LogP contribution >= 0.6 is 0 Å². The predicted octanol–water partition coefficient (Wildman–Crippen LogP) is 2.49. The summed E-state index contributed by atoms with van der Waals surface area (Å²) in [6.07, 6.45) is 0.880. The third-order valence-electron chi connectivity index (χ3n) is 3.22. The molecular formula is C18H21F2NO6. The molecule has 0 heterocycles. The van der Waals surface area contributed by atoms with Crippen molar-refractivity contribution in [2.45, 2.75) is 27.2 Å².